The van der Waals surface area contributed by atoms with Crippen LogP contribution in [0.3, 0.4) is 0 Å². The largest absolute Gasteiger partial charge is 0.489 e. The Labute approximate surface area is 188 Å². The first-order valence-corrected chi connectivity index (χ1v) is 11.2. The highest BCUT2D eigenvalue weighted by Crippen LogP contribution is 2.28. The lowest BCUT2D eigenvalue weighted by Gasteiger charge is -2.21. The number of halogens is 1. The molecular formula is C24H31FN4O3. The first-order valence-electron chi connectivity index (χ1n) is 11.2. The number of ketones is 1. The fraction of sp³-hybridized carbons (Fsp3) is 0.542. The number of aromatic nitrogens is 2. The van der Waals surface area contributed by atoms with Crippen molar-refractivity contribution in [2.75, 3.05) is 43.1 Å². The van der Waals surface area contributed by atoms with E-state index in [2.05, 4.69) is 9.97 Å². The lowest BCUT2D eigenvalue weighted by Crippen LogP contribution is -2.28. The van der Waals surface area contributed by atoms with E-state index in [1.807, 2.05) is 41.0 Å². The number of nitrogens with zero attached hydrogens (tertiary/aromatic N) is 4. The number of Topliss-reactive ketones (excluding diaryl/α,β-unsaturated/α-hetero) is 1. The average molecular weight is 443 g/mol. The van der Waals surface area contributed by atoms with E-state index in [1.165, 1.54) is 6.20 Å². The highest BCUT2D eigenvalue weighted by atomic mass is 19.1. The molecule has 0 radical (unpaired) electrons. The van der Waals surface area contributed by atoms with Crippen molar-refractivity contribution in [2.45, 2.75) is 51.2 Å². The number of hydrogen-bond donors (Lipinski definition) is 0. The summed E-state index contributed by atoms with van der Waals surface area (Å²) in [5.41, 5.74) is 1.12. The Bertz CT molecular complexity index is 939. The molecule has 2 aromatic rings. The molecule has 2 aliphatic heterocycles. The third kappa shape index (κ3) is 5.18. The van der Waals surface area contributed by atoms with Crippen molar-refractivity contribution >= 4 is 17.5 Å². The Balaban J connectivity index is 1.37. The first-order chi connectivity index (χ1) is 15.4. The quantitative estimate of drug-likeness (QED) is 0.619. The summed E-state index contributed by atoms with van der Waals surface area (Å²) in [6.45, 7) is 6.42. The minimum atomic E-state index is -0.416. The Morgan fingerprint density at radius 3 is 2.53 bits per heavy atom. The molecule has 32 heavy (non-hydrogen) atoms. The second-order valence-corrected chi connectivity index (χ2v) is 8.78. The molecule has 4 rings (SSSR count). The topological polar surface area (TPSA) is 67.8 Å². The number of rotatable bonds is 8. The second kappa shape index (κ2) is 9.81. The Kier molecular flexibility index (Phi) is 6.89. The van der Waals surface area contributed by atoms with Gasteiger partial charge >= 0.3 is 0 Å². The van der Waals surface area contributed by atoms with Crippen LogP contribution >= 0.6 is 0 Å². The summed E-state index contributed by atoms with van der Waals surface area (Å²) in [5.74, 6) is 1.61. The van der Waals surface area contributed by atoms with E-state index in [0.29, 0.717) is 37.8 Å². The zero-order chi connectivity index (χ0) is 22.7. The van der Waals surface area contributed by atoms with Crippen LogP contribution < -0.4 is 14.5 Å². The average Bonchev–Trinajstić information content (AvgIpc) is 3.44. The molecule has 2 aliphatic rings. The monoisotopic (exact) mass is 442 g/mol. The maximum atomic E-state index is 14.5. The first kappa shape index (κ1) is 22.5. The van der Waals surface area contributed by atoms with Crippen LogP contribution in [-0.2, 0) is 9.53 Å². The molecule has 2 saturated heterocycles. The Hall–Kier alpha value is -2.74. The second-order valence-electron chi connectivity index (χ2n) is 8.78. The van der Waals surface area contributed by atoms with Crippen molar-refractivity contribution in [3.05, 3.63) is 41.8 Å². The molecule has 8 heteroatoms. The van der Waals surface area contributed by atoms with Crippen LogP contribution in [0.1, 0.15) is 44.6 Å². The molecule has 0 bridgehead atoms. The van der Waals surface area contributed by atoms with Crippen molar-refractivity contribution in [3.63, 3.8) is 0 Å². The normalized spacial score (nSPS) is 21.8. The SMILES string of the molecule is CO[C@H]1CCN(c2ncc(F)c(N3CC[C@@H](Oc4ccc([C@H](C)CC(C)=O)cc4)C3)n2)C1. The van der Waals surface area contributed by atoms with Crippen molar-refractivity contribution in [3.8, 4) is 5.75 Å². The molecule has 2 fully saturated rings. The molecule has 0 saturated carbocycles. The highest BCUT2D eigenvalue weighted by Gasteiger charge is 2.29. The van der Waals surface area contributed by atoms with Gasteiger partial charge in [0.2, 0.25) is 5.95 Å². The van der Waals surface area contributed by atoms with E-state index in [1.54, 1.807) is 14.0 Å². The zero-order valence-corrected chi connectivity index (χ0v) is 19.0. The van der Waals surface area contributed by atoms with E-state index in [-0.39, 0.29) is 23.9 Å². The number of carbonyl (C=O) groups is 1. The predicted molar refractivity (Wildman–Crippen MR) is 121 cm³/mol. The highest BCUT2D eigenvalue weighted by molar-refractivity contribution is 5.76. The summed E-state index contributed by atoms with van der Waals surface area (Å²) in [4.78, 5) is 24.0. The molecule has 0 unspecified atom stereocenters. The molecule has 0 N–H and O–H groups in total. The van der Waals surface area contributed by atoms with Crippen LogP contribution in [-0.4, -0.2) is 61.2 Å². The fourth-order valence-corrected chi connectivity index (χ4v) is 4.46. The van der Waals surface area contributed by atoms with Crippen LogP contribution in [0, 0.1) is 5.82 Å². The zero-order valence-electron chi connectivity index (χ0n) is 19.0. The molecule has 3 heterocycles. The summed E-state index contributed by atoms with van der Waals surface area (Å²) in [7, 11) is 1.70. The molecule has 0 aliphatic carbocycles. The molecule has 3 atom stereocenters. The lowest BCUT2D eigenvalue weighted by atomic mass is 9.96. The molecule has 1 aromatic carbocycles. The minimum absolute atomic E-state index is 0.0435. The fourth-order valence-electron chi connectivity index (χ4n) is 4.46. The number of ether oxygens (including phenoxy) is 2. The van der Waals surface area contributed by atoms with Gasteiger partial charge in [0.25, 0.3) is 0 Å². The van der Waals surface area contributed by atoms with Crippen molar-refractivity contribution < 1.29 is 18.7 Å². The molecule has 1 aromatic heterocycles. The smallest absolute Gasteiger partial charge is 0.227 e. The van der Waals surface area contributed by atoms with Gasteiger partial charge in [-0.15, -0.1) is 0 Å². The summed E-state index contributed by atoms with van der Waals surface area (Å²) >= 11 is 0. The third-order valence-electron chi connectivity index (χ3n) is 6.26. The van der Waals surface area contributed by atoms with Crippen molar-refractivity contribution in [1.29, 1.82) is 0 Å². The van der Waals surface area contributed by atoms with Gasteiger partial charge in [-0.05, 0) is 37.0 Å². The van der Waals surface area contributed by atoms with E-state index < -0.39 is 5.82 Å². The van der Waals surface area contributed by atoms with Crippen LogP contribution in [0.5, 0.6) is 5.75 Å². The van der Waals surface area contributed by atoms with Gasteiger partial charge in [0.1, 0.15) is 17.6 Å². The Morgan fingerprint density at radius 2 is 1.84 bits per heavy atom. The van der Waals surface area contributed by atoms with Crippen LogP contribution in [0.25, 0.3) is 0 Å². The van der Waals surface area contributed by atoms with Crippen LogP contribution in [0.2, 0.25) is 0 Å². The van der Waals surface area contributed by atoms with Gasteiger partial charge in [0.05, 0.1) is 18.8 Å². The minimum Gasteiger partial charge on any atom is -0.489 e. The summed E-state index contributed by atoms with van der Waals surface area (Å²) < 4.78 is 26.1. The number of hydrogen-bond acceptors (Lipinski definition) is 7. The van der Waals surface area contributed by atoms with Gasteiger partial charge in [-0.2, -0.15) is 4.98 Å². The molecule has 0 amide bonds. The summed E-state index contributed by atoms with van der Waals surface area (Å²) in [6, 6.07) is 7.90. The standard InChI is InChI=1S/C24H31FN4O3/c1-16(12-17(2)30)18-4-6-19(7-5-18)32-21-9-10-28(15-21)23-22(25)13-26-24(27-23)29-11-8-20(14-29)31-3/h4-7,13,16,20-21H,8-12,14-15H2,1-3H3/t16-,20+,21-/m1/s1. The third-order valence-corrected chi connectivity index (χ3v) is 6.26. The van der Waals surface area contributed by atoms with E-state index in [4.69, 9.17) is 9.47 Å². The number of anilines is 2. The van der Waals surface area contributed by atoms with E-state index in [0.717, 1.165) is 30.7 Å². The number of methoxy groups -OCH3 is 1. The molecular weight excluding hydrogens is 411 g/mol. The van der Waals surface area contributed by atoms with Gasteiger partial charge in [-0.25, -0.2) is 9.37 Å². The molecule has 172 valence electrons. The van der Waals surface area contributed by atoms with Crippen LogP contribution in [0.15, 0.2) is 30.5 Å². The van der Waals surface area contributed by atoms with Gasteiger partial charge in [0, 0.05) is 39.6 Å². The van der Waals surface area contributed by atoms with E-state index >= 15 is 0 Å². The van der Waals surface area contributed by atoms with Crippen molar-refractivity contribution in [2.24, 2.45) is 0 Å². The predicted octanol–water partition coefficient (Wildman–Crippen LogP) is 3.58. The summed E-state index contributed by atoms with van der Waals surface area (Å²) in [5, 5.41) is 0. The number of carbonyl (C=O) groups excluding carboxylic acids is 1. The maximum Gasteiger partial charge on any atom is 0.227 e. The molecule has 7 nitrogen and oxygen atoms in total. The molecule has 0 spiro atoms. The Morgan fingerprint density at radius 1 is 1.16 bits per heavy atom. The van der Waals surface area contributed by atoms with Gasteiger partial charge in [-0.1, -0.05) is 19.1 Å². The van der Waals surface area contributed by atoms with E-state index in [9.17, 15) is 9.18 Å². The van der Waals surface area contributed by atoms with Gasteiger partial charge < -0.3 is 24.1 Å². The summed E-state index contributed by atoms with van der Waals surface area (Å²) in [6.07, 6.45) is 3.61. The van der Waals surface area contributed by atoms with Crippen molar-refractivity contribution in [1.82, 2.24) is 9.97 Å². The maximum absolute atomic E-state index is 14.5. The number of benzene rings is 1. The van der Waals surface area contributed by atoms with Crippen LogP contribution in [0.4, 0.5) is 16.2 Å². The van der Waals surface area contributed by atoms with Gasteiger partial charge in [-0.3, -0.25) is 0 Å². The van der Waals surface area contributed by atoms with Gasteiger partial charge in [0.15, 0.2) is 11.6 Å². The lowest BCUT2D eigenvalue weighted by molar-refractivity contribution is -0.117.